The summed E-state index contributed by atoms with van der Waals surface area (Å²) in [4.78, 5) is 7.19. The second-order valence-corrected chi connectivity index (χ2v) is 8.31. The molecular formula is C23H35N3O2. The molecule has 1 aromatic rings. The molecule has 0 aromatic heterocycles. The molecule has 1 aliphatic carbocycles. The van der Waals surface area contributed by atoms with E-state index in [-0.39, 0.29) is 0 Å². The van der Waals surface area contributed by atoms with Gasteiger partial charge in [-0.3, -0.25) is 4.99 Å². The van der Waals surface area contributed by atoms with E-state index in [1.165, 1.54) is 24.8 Å². The van der Waals surface area contributed by atoms with Gasteiger partial charge in [0.2, 0.25) is 0 Å². The van der Waals surface area contributed by atoms with Gasteiger partial charge in [-0.15, -0.1) is 0 Å². The maximum atomic E-state index is 6.17. The first-order chi connectivity index (χ1) is 13.8. The van der Waals surface area contributed by atoms with Crippen molar-refractivity contribution in [1.82, 2.24) is 10.2 Å². The fourth-order valence-corrected chi connectivity index (χ4v) is 4.39. The molecule has 1 saturated carbocycles. The Kier molecular flexibility index (Phi) is 6.86. The van der Waals surface area contributed by atoms with Crippen LogP contribution in [0.5, 0.6) is 0 Å². The molecular weight excluding hydrogens is 350 g/mol. The van der Waals surface area contributed by atoms with E-state index in [4.69, 9.17) is 14.5 Å². The zero-order valence-electron chi connectivity index (χ0n) is 17.2. The third kappa shape index (κ3) is 5.26. The van der Waals surface area contributed by atoms with Crippen LogP contribution in [0.2, 0.25) is 0 Å². The van der Waals surface area contributed by atoms with Crippen molar-refractivity contribution < 1.29 is 9.47 Å². The van der Waals surface area contributed by atoms with E-state index in [1.54, 1.807) is 0 Å². The molecule has 3 unspecified atom stereocenters. The third-order valence-corrected chi connectivity index (χ3v) is 6.17. The molecule has 0 amide bonds. The van der Waals surface area contributed by atoms with Crippen LogP contribution in [-0.4, -0.2) is 62.0 Å². The monoisotopic (exact) mass is 385 g/mol. The maximum Gasteiger partial charge on any atom is 0.194 e. The Balaban J connectivity index is 1.22. The van der Waals surface area contributed by atoms with Crippen LogP contribution in [0.1, 0.15) is 56.9 Å². The molecule has 2 saturated heterocycles. The maximum absolute atomic E-state index is 6.17. The summed E-state index contributed by atoms with van der Waals surface area (Å²) in [5, 5.41) is 3.72. The number of rotatable bonds is 6. The number of piperidine rings is 1. The van der Waals surface area contributed by atoms with Crippen LogP contribution in [0.15, 0.2) is 35.3 Å². The molecule has 3 atom stereocenters. The Hall–Kier alpha value is -1.59. The van der Waals surface area contributed by atoms with Gasteiger partial charge in [0, 0.05) is 38.2 Å². The average Bonchev–Trinajstić information content (AvgIpc) is 3.53. The van der Waals surface area contributed by atoms with Gasteiger partial charge < -0.3 is 19.7 Å². The molecule has 1 N–H and O–H groups in total. The van der Waals surface area contributed by atoms with Gasteiger partial charge in [0.25, 0.3) is 0 Å². The van der Waals surface area contributed by atoms with Crippen molar-refractivity contribution in [2.75, 3.05) is 32.8 Å². The van der Waals surface area contributed by atoms with Crippen molar-refractivity contribution in [3.8, 4) is 0 Å². The van der Waals surface area contributed by atoms with Crippen molar-refractivity contribution in [1.29, 1.82) is 0 Å². The van der Waals surface area contributed by atoms with Crippen LogP contribution in [0.3, 0.4) is 0 Å². The van der Waals surface area contributed by atoms with Crippen molar-refractivity contribution in [3.63, 3.8) is 0 Å². The van der Waals surface area contributed by atoms with Gasteiger partial charge in [0.15, 0.2) is 5.96 Å². The summed E-state index contributed by atoms with van der Waals surface area (Å²) in [5.74, 6) is 1.71. The topological polar surface area (TPSA) is 46.1 Å². The number of hydrogen-bond acceptors (Lipinski definition) is 3. The number of likely N-dealkylation sites (tertiary alicyclic amines) is 1. The summed E-state index contributed by atoms with van der Waals surface area (Å²) in [7, 11) is 0. The van der Waals surface area contributed by atoms with Gasteiger partial charge in [0.1, 0.15) is 0 Å². The van der Waals surface area contributed by atoms with Gasteiger partial charge in [-0.1, -0.05) is 30.3 Å². The van der Waals surface area contributed by atoms with Crippen molar-refractivity contribution in [2.24, 2.45) is 4.99 Å². The van der Waals surface area contributed by atoms with Crippen LogP contribution < -0.4 is 5.32 Å². The molecule has 1 aromatic carbocycles. The van der Waals surface area contributed by atoms with Crippen molar-refractivity contribution >= 4 is 5.96 Å². The van der Waals surface area contributed by atoms with Crippen molar-refractivity contribution in [3.05, 3.63) is 35.9 Å². The largest absolute Gasteiger partial charge is 0.376 e. The van der Waals surface area contributed by atoms with E-state index >= 15 is 0 Å². The molecule has 0 spiro atoms. The van der Waals surface area contributed by atoms with Gasteiger partial charge in [-0.2, -0.15) is 0 Å². The van der Waals surface area contributed by atoms with E-state index < -0.39 is 0 Å². The minimum absolute atomic E-state index is 0.315. The zero-order valence-corrected chi connectivity index (χ0v) is 17.2. The molecule has 0 bridgehead atoms. The summed E-state index contributed by atoms with van der Waals surface area (Å²) in [6.45, 7) is 6.64. The number of aliphatic imine (C=N–C) groups is 1. The first kappa shape index (κ1) is 19.7. The quantitative estimate of drug-likeness (QED) is 0.601. The summed E-state index contributed by atoms with van der Waals surface area (Å²) in [6, 6.07) is 11.4. The molecule has 28 heavy (non-hydrogen) atoms. The lowest BCUT2D eigenvalue weighted by Gasteiger charge is -2.35. The molecule has 154 valence electrons. The highest BCUT2D eigenvalue weighted by Crippen LogP contribution is 2.40. The van der Waals surface area contributed by atoms with Gasteiger partial charge in [0.05, 0.1) is 18.8 Å². The number of guanidine groups is 1. The molecule has 5 nitrogen and oxygen atoms in total. The van der Waals surface area contributed by atoms with E-state index in [2.05, 4.69) is 47.5 Å². The SMILES string of the molecule is CCN=C(NC1CC1c1ccccc1)N1CCC(OCC2CCCCO2)CC1. The highest BCUT2D eigenvalue weighted by molar-refractivity contribution is 5.81. The average molecular weight is 386 g/mol. The Morgan fingerprint density at radius 2 is 2.00 bits per heavy atom. The van der Waals surface area contributed by atoms with E-state index in [1.807, 2.05) is 0 Å². The summed E-state index contributed by atoms with van der Waals surface area (Å²) in [5.41, 5.74) is 1.44. The Morgan fingerprint density at radius 3 is 2.71 bits per heavy atom. The van der Waals surface area contributed by atoms with Crippen LogP contribution in [0.25, 0.3) is 0 Å². The summed E-state index contributed by atoms with van der Waals surface area (Å²) < 4.78 is 12.0. The number of benzene rings is 1. The lowest BCUT2D eigenvalue weighted by atomic mass is 10.1. The lowest BCUT2D eigenvalue weighted by Crippen LogP contribution is -2.48. The molecule has 4 rings (SSSR count). The highest BCUT2D eigenvalue weighted by Gasteiger charge is 2.39. The molecule has 0 radical (unpaired) electrons. The first-order valence-corrected chi connectivity index (χ1v) is 11.2. The van der Waals surface area contributed by atoms with E-state index in [0.29, 0.717) is 24.2 Å². The van der Waals surface area contributed by atoms with Gasteiger partial charge in [-0.05, 0) is 51.0 Å². The fraction of sp³-hybridized carbons (Fsp3) is 0.696. The second-order valence-electron chi connectivity index (χ2n) is 8.31. The third-order valence-electron chi connectivity index (χ3n) is 6.17. The predicted molar refractivity (Wildman–Crippen MR) is 113 cm³/mol. The second kappa shape index (κ2) is 9.75. The number of ether oxygens (including phenoxy) is 2. The summed E-state index contributed by atoms with van der Waals surface area (Å²) >= 11 is 0. The highest BCUT2D eigenvalue weighted by atomic mass is 16.5. The number of nitrogens with one attached hydrogen (secondary N) is 1. The minimum Gasteiger partial charge on any atom is -0.376 e. The molecule has 2 aliphatic heterocycles. The molecule has 2 heterocycles. The van der Waals surface area contributed by atoms with Gasteiger partial charge in [-0.25, -0.2) is 0 Å². The fourth-order valence-electron chi connectivity index (χ4n) is 4.39. The van der Waals surface area contributed by atoms with Gasteiger partial charge >= 0.3 is 0 Å². The Bertz CT molecular complexity index is 622. The number of nitrogens with zero attached hydrogens (tertiary/aromatic N) is 2. The van der Waals surface area contributed by atoms with Crippen LogP contribution in [0.4, 0.5) is 0 Å². The Morgan fingerprint density at radius 1 is 1.18 bits per heavy atom. The number of hydrogen-bond donors (Lipinski definition) is 1. The van der Waals surface area contributed by atoms with Crippen LogP contribution in [-0.2, 0) is 9.47 Å². The summed E-state index contributed by atoms with van der Waals surface area (Å²) in [6.07, 6.45) is 7.66. The molecule has 3 aliphatic rings. The standard InChI is InChI=1S/C23H35N3O2/c1-2-24-23(25-22-16-21(22)18-8-4-3-5-9-18)26-13-11-19(12-14-26)28-17-20-10-6-7-15-27-20/h3-5,8-9,19-22H,2,6-7,10-17H2,1H3,(H,24,25). The van der Waals surface area contributed by atoms with E-state index in [9.17, 15) is 0 Å². The predicted octanol–water partition coefficient (Wildman–Crippen LogP) is 3.56. The van der Waals surface area contributed by atoms with Crippen LogP contribution in [0, 0.1) is 0 Å². The molecule has 5 heteroatoms. The first-order valence-electron chi connectivity index (χ1n) is 11.2. The normalized spacial score (nSPS) is 29.0. The zero-order chi connectivity index (χ0) is 19.2. The Labute approximate surface area is 169 Å². The minimum atomic E-state index is 0.315. The molecule has 3 fully saturated rings. The van der Waals surface area contributed by atoms with E-state index in [0.717, 1.165) is 58.1 Å². The van der Waals surface area contributed by atoms with Crippen LogP contribution >= 0.6 is 0 Å². The van der Waals surface area contributed by atoms with Crippen molar-refractivity contribution in [2.45, 2.75) is 69.6 Å². The lowest BCUT2D eigenvalue weighted by molar-refractivity contribution is -0.0721. The smallest absolute Gasteiger partial charge is 0.194 e.